The molecule has 88 valence electrons. The fraction of sp³-hybridized carbons (Fsp3) is 0.462. The molecule has 0 amide bonds. The average molecular weight is 222 g/mol. The number of ketones is 1. The van der Waals surface area contributed by atoms with Crippen LogP contribution in [0.5, 0.6) is 11.5 Å². The van der Waals surface area contributed by atoms with Gasteiger partial charge in [0.05, 0.1) is 13.7 Å². The zero-order valence-corrected chi connectivity index (χ0v) is 10.0. The van der Waals surface area contributed by atoms with Crippen LogP contribution in [0, 0.1) is 5.92 Å². The molecule has 3 nitrogen and oxygen atoms in total. The van der Waals surface area contributed by atoms with E-state index in [1.54, 1.807) is 7.11 Å². The highest BCUT2D eigenvalue weighted by atomic mass is 16.5. The summed E-state index contributed by atoms with van der Waals surface area (Å²) in [6.45, 7) is 4.19. The molecule has 0 saturated heterocycles. The summed E-state index contributed by atoms with van der Waals surface area (Å²) >= 11 is 0. The molecule has 0 N–H and O–H groups in total. The van der Waals surface area contributed by atoms with Gasteiger partial charge in [0.15, 0.2) is 11.5 Å². The number of para-hydroxylation sites is 2. The van der Waals surface area contributed by atoms with Crippen LogP contribution in [0.1, 0.15) is 20.3 Å². The molecule has 1 rings (SSSR count). The van der Waals surface area contributed by atoms with Gasteiger partial charge in [-0.2, -0.15) is 0 Å². The van der Waals surface area contributed by atoms with Crippen LogP contribution in [0.4, 0.5) is 0 Å². The summed E-state index contributed by atoms with van der Waals surface area (Å²) in [5.74, 6) is 1.66. The maximum Gasteiger partial charge on any atom is 0.161 e. The second-order valence-electron chi connectivity index (χ2n) is 3.87. The van der Waals surface area contributed by atoms with Crippen LogP contribution in [0.2, 0.25) is 0 Å². The Morgan fingerprint density at radius 2 is 1.88 bits per heavy atom. The topological polar surface area (TPSA) is 35.5 Å². The summed E-state index contributed by atoms with van der Waals surface area (Å²) in [7, 11) is 1.60. The molecule has 0 unspecified atom stereocenters. The van der Waals surface area contributed by atoms with Crippen molar-refractivity contribution < 1.29 is 14.3 Å². The van der Waals surface area contributed by atoms with Crippen LogP contribution >= 0.6 is 0 Å². The first kappa shape index (κ1) is 12.6. The van der Waals surface area contributed by atoms with E-state index in [0.29, 0.717) is 24.5 Å². The summed E-state index contributed by atoms with van der Waals surface area (Å²) in [5.41, 5.74) is 0. The second-order valence-corrected chi connectivity index (χ2v) is 3.87. The number of methoxy groups -OCH3 is 1. The number of hydrogen-bond donors (Lipinski definition) is 0. The highest BCUT2D eigenvalue weighted by Crippen LogP contribution is 2.25. The van der Waals surface area contributed by atoms with Crippen LogP contribution in [0.25, 0.3) is 0 Å². The Kier molecular flexibility index (Phi) is 4.83. The zero-order chi connectivity index (χ0) is 12.0. The molecule has 0 aliphatic rings. The third-order valence-corrected chi connectivity index (χ3v) is 2.32. The van der Waals surface area contributed by atoms with E-state index in [4.69, 9.17) is 9.47 Å². The van der Waals surface area contributed by atoms with Crippen LogP contribution in [-0.2, 0) is 4.79 Å². The van der Waals surface area contributed by atoms with Gasteiger partial charge >= 0.3 is 0 Å². The fourth-order valence-electron chi connectivity index (χ4n) is 1.29. The number of carbonyl (C=O) groups excluding carboxylic acids is 1. The number of hydrogen-bond acceptors (Lipinski definition) is 3. The van der Waals surface area contributed by atoms with Crippen LogP contribution in [0.15, 0.2) is 24.3 Å². The van der Waals surface area contributed by atoms with Gasteiger partial charge in [-0.05, 0) is 12.1 Å². The summed E-state index contributed by atoms with van der Waals surface area (Å²) < 4.78 is 10.6. The van der Waals surface area contributed by atoms with E-state index >= 15 is 0 Å². The highest BCUT2D eigenvalue weighted by molar-refractivity contribution is 5.80. The van der Waals surface area contributed by atoms with Crippen LogP contribution < -0.4 is 9.47 Å². The lowest BCUT2D eigenvalue weighted by molar-refractivity contribution is -0.122. The minimum atomic E-state index is 0.0706. The first-order valence-corrected chi connectivity index (χ1v) is 5.43. The van der Waals surface area contributed by atoms with Crippen molar-refractivity contribution in [2.75, 3.05) is 13.7 Å². The molecule has 1 aromatic carbocycles. The van der Waals surface area contributed by atoms with Crippen LogP contribution in [-0.4, -0.2) is 19.5 Å². The molecule has 0 saturated carbocycles. The standard InChI is InChI=1S/C13H18O3/c1-10(2)11(14)8-9-16-13-7-5-4-6-12(13)15-3/h4-7,10H,8-9H2,1-3H3. The SMILES string of the molecule is COc1ccccc1OCCC(=O)C(C)C. The number of carbonyl (C=O) groups is 1. The van der Waals surface area contributed by atoms with E-state index in [9.17, 15) is 4.79 Å². The summed E-state index contributed by atoms with van der Waals surface area (Å²) in [5, 5.41) is 0. The Morgan fingerprint density at radius 1 is 1.25 bits per heavy atom. The molecule has 0 fully saturated rings. The monoisotopic (exact) mass is 222 g/mol. The largest absolute Gasteiger partial charge is 0.493 e. The van der Waals surface area contributed by atoms with Gasteiger partial charge in [0, 0.05) is 12.3 Å². The Bertz CT molecular complexity index is 345. The minimum Gasteiger partial charge on any atom is -0.493 e. The molecule has 16 heavy (non-hydrogen) atoms. The van der Waals surface area contributed by atoms with E-state index in [2.05, 4.69) is 0 Å². The second kappa shape index (κ2) is 6.16. The summed E-state index contributed by atoms with van der Waals surface area (Å²) in [6, 6.07) is 7.42. The van der Waals surface area contributed by atoms with Crippen molar-refractivity contribution >= 4 is 5.78 Å². The van der Waals surface area contributed by atoms with Gasteiger partial charge in [0.1, 0.15) is 5.78 Å². The zero-order valence-electron chi connectivity index (χ0n) is 10.0. The van der Waals surface area contributed by atoms with E-state index < -0.39 is 0 Å². The van der Waals surface area contributed by atoms with Crippen LogP contribution in [0.3, 0.4) is 0 Å². The van der Waals surface area contributed by atoms with E-state index in [-0.39, 0.29) is 11.7 Å². The van der Waals surface area contributed by atoms with Gasteiger partial charge < -0.3 is 9.47 Å². The third kappa shape index (κ3) is 3.57. The van der Waals surface area contributed by atoms with Gasteiger partial charge in [-0.25, -0.2) is 0 Å². The molecular formula is C13H18O3. The van der Waals surface area contributed by atoms with Gasteiger partial charge in [-0.1, -0.05) is 26.0 Å². The molecule has 0 atom stereocenters. The Balaban J connectivity index is 2.45. The predicted molar refractivity (Wildman–Crippen MR) is 63.0 cm³/mol. The van der Waals surface area contributed by atoms with Gasteiger partial charge in [-0.15, -0.1) is 0 Å². The van der Waals surface area contributed by atoms with E-state index in [0.717, 1.165) is 0 Å². The predicted octanol–water partition coefficient (Wildman–Crippen LogP) is 2.69. The van der Waals surface area contributed by atoms with E-state index in [1.807, 2.05) is 38.1 Å². The third-order valence-electron chi connectivity index (χ3n) is 2.32. The number of Topliss-reactive ketones (excluding diaryl/α,β-unsaturated/α-hetero) is 1. The Labute approximate surface area is 96.4 Å². The fourth-order valence-corrected chi connectivity index (χ4v) is 1.29. The first-order chi connectivity index (χ1) is 7.65. The lowest BCUT2D eigenvalue weighted by atomic mass is 10.1. The van der Waals surface area contributed by atoms with Crippen molar-refractivity contribution in [2.24, 2.45) is 5.92 Å². The van der Waals surface area contributed by atoms with E-state index in [1.165, 1.54) is 0 Å². The average Bonchev–Trinajstić information content (AvgIpc) is 2.29. The van der Waals surface area contributed by atoms with Crippen molar-refractivity contribution in [1.82, 2.24) is 0 Å². The minimum absolute atomic E-state index is 0.0706. The van der Waals surface area contributed by atoms with Gasteiger partial charge in [0.25, 0.3) is 0 Å². The normalized spacial score (nSPS) is 10.2. The Morgan fingerprint density at radius 3 is 2.44 bits per heavy atom. The van der Waals surface area contributed by atoms with Gasteiger partial charge in [0.2, 0.25) is 0 Å². The van der Waals surface area contributed by atoms with Crippen molar-refractivity contribution in [2.45, 2.75) is 20.3 Å². The van der Waals surface area contributed by atoms with Crippen molar-refractivity contribution in [3.8, 4) is 11.5 Å². The molecule has 0 aliphatic heterocycles. The lowest BCUT2D eigenvalue weighted by Crippen LogP contribution is -2.11. The quantitative estimate of drug-likeness (QED) is 0.742. The molecule has 0 radical (unpaired) electrons. The molecule has 0 spiro atoms. The molecule has 0 bridgehead atoms. The number of rotatable bonds is 6. The maximum atomic E-state index is 11.4. The molecular weight excluding hydrogens is 204 g/mol. The maximum absolute atomic E-state index is 11.4. The van der Waals surface area contributed by atoms with Gasteiger partial charge in [-0.3, -0.25) is 4.79 Å². The van der Waals surface area contributed by atoms with Crippen molar-refractivity contribution in [3.63, 3.8) is 0 Å². The molecule has 0 aromatic heterocycles. The molecule has 3 heteroatoms. The summed E-state index contributed by atoms with van der Waals surface area (Å²) in [6.07, 6.45) is 0.440. The first-order valence-electron chi connectivity index (χ1n) is 5.43. The number of benzene rings is 1. The number of ether oxygens (including phenoxy) is 2. The molecule has 1 aromatic rings. The van der Waals surface area contributed by atoms with Crippen molar-refractivity contribution in [3.05, 3.63) is 24.3 Å². The smallest absolute Gasteiger partial charge is 0.161 e. The molecule has 0 aliphatic carbocycles. The lowest BCUT2D eigenvalue weighted by Gasteiger charge is -2.10. The Hall–Kier alpha value is -1.51. The molecule has 0 heterocycles. The van der Waals surface area contributed by atoms with Crippen molar-refractivity contribution in [1.29, 1.82) is 0 Å². The summed E-state index contributed by atoms with van der Waals surface area (Å²) in [4.78, 5) is 11.4. The highest BCUT2D eigenvalue weighted by Gasteiger charge is 2.08.